The van der Waals surface area contributed by atoms with E-state index >= 15 is 0 Å². The van der Waals surface area contributed by atoms with Crippen LogP contribution in [0.4, 0.5) is 0 Å². The minimum absolute atomic E-state index is 0.205. The number of aliphatic hydroxyl groups is 1. The van der Waals surface area contributed by atoms with Crippen LogP contribution >= 0.6 is 11.8 Å². The number of rotatable bonds is 9. The quantitative estimate of drug-likeness (QED) is 0.519. The van der Waals surface area contributed by atoms with Gasteiger partial charge in [0.25, 0.3) is 0 Å². The van der Waals surface area contributed by atoms with Crippen molar-refractivity contribution < 1.29 is 15.0 Å². The second-order valence-electron chi connectivity index (χ2n) is 3.61. The van der Waals surface area contributed by atoms with Gasteiger partial charge in [0.1, 0.15) is 5.54 Å². The SMILES string of the molecule is CCNC(C)(CCSCCCO)C(=O)O. The Labute approximate surface area is 95.4 Å². The molecule has 0 spiro atoms. The molecule has 0 saturated carbocycles. The van der Waals surface area contributed by atoms with Gasteiger partial charge in [0.2, 0.25) is 0 Å². The van der Waals surface area contributed by atoms with E-state index in [-0.39, 0.29) is 6.61 Å². The molecule has 1 atom stereocenters. The molecule has 0 aromatic rings. The Balaban J connectivity index is 3.81. The van der Waals surface area contributed by atoms with Crippen LogP contribution in [-0.4, -0.2) is 46.4 Å². The molecule has 0 aliphatic rings. The van der Waals surface area contributed by atoms with Crippen LogP contribution < -0.4 is 5.32 Å². The maximum Gasteiger partial charge on any atom is 0.323 e. The van der Waals surface area contributed by atoms with E-state index in [9.17, 15) is 4.79 Å². The molecule has 0 aromatic heterocycles. The van der Waals surface area contributed by atoms with Crippen molar-refractivity contribution >= 4 is 17.7 Å². The smallest absolute Gasteiger partial charge is 0.323 e. The van der Waals surface area contributed by atoms with E-state index in [1.807, 2.05) is 6.92 Å². The second-order valence-corrected chi connectivity index (χ2v) is 4.83. The summed E-state index contributed by atoms with van der Waals surface area (Å²) in [5, 5.41) is 20.6. The number of hydrogen-bond donors (Lipinski definition) is 3. The number of carbonyl (C=O) groups is 1. The van der Waals surface area contributed by atoms with E-state index in [0.29, 0.717) is 13.0 Å². The summed E-state index contributed by atoms with van der Waals surface area (Å²) < 4.78 is 0. The first kappa shape index (κ1) is 14.7. The van der Waals surface area contributed by atoms with Gasteiger partial charge in [-0.1, -0.05) is 6.92 Å². The summed E-state index contributed by atoms with van der Waals surface area (Å²) in [6.45, 7) is 4.48. The molecule has 4 nitrogen and oxygen atoms in total. The number of hydrogen-bond acceptors (Lipinski definition) is 4. The molecule has 0 saturated heterocycles. The van der Waals surface area contributed by atoms with Crippen molar-refractivity contribution in [3.63, 3.8) is 0 Å². The van der Waals surface area contributed by atoms with Crippen molar-refractivity contribution in [2.24, 2.45) is 0 Å². The zero-order chi connectivity index (χ0) is 11.7. The number of aliphatic carboxylic acids is 1. The normalized spacial score (nSPS) is 14.9. The van der Waals surface area contributed by atoms with Gasteiger partial charge < -0.3 is 15.5 Å². The van der Waals surface area contributed by atoms with Crippen molar-refractivity contribution in [3.8, 4) is 0 Å². The van der Waals surface area contributed by atoms with Gasteiger partial charge in [0, 0.05) is 6.61 Å². The number of likely N-dealkylation sites (N-methyl/N-ethyl adjacent to an activating group) is 1. The average molecular weight is 235 g/mol. The molecular formula is C10H21NO3S. The number of nitrogens with one attached hydrogen (secondary N) is 1. The first-order valence-corrected chi connectivity index (χ1v) is 6.39. The van der Waals surface area contributed by atoms with Crippen LogP contribution in [0.3, 0.4) is 0 Å². The monoisotopic (exact) mass is 235 g/mol. The third-order valence-corrected chi connectivity index (χ3v) is 3.30. The molecule has 3 N–H and O–H groups in total. The molecule has 0 radical (unpaired) electrons. The lowest BCUT2D eigenvalue weighted by Gasteiger charge is -2.25. The number of thioether (sulfide) groups is 1. The van der Waals surface area contributed by atoms with Crippen LogP contribution in [0.5, 0.6) is 0 Å². The molecule has 0 fully saturated rings. The Kier molecular flexibility index (Phi) is 7.82. The number of carboxylic acid groups (broad SMARTS) is 1. The molecule has 0 bridgehead atoms. The summed E-state index contributed by atoms with van der Waals surface area (Å²) in [5.74, 6) is 0.890. The minimum atomic E-state index is -0.818. The molecule has 0 aromatic carbocycles. The van der Waals surface area contributed by atoms with Gasteiger partial charge in [-0.2, -0.15) is 11.8 Å². The highest BCUT2D eigenvalue weighted by Crippen LogP contribution is 2.15. The summed E-state index contributed by atoms with van der Waals surface area (Å²) in [6, 6.07) is 0. The molecular weight excluding hydrogens is 214 g/mol. The highest BCUT2D eigenvalue weighted by atomic mass is 32.2. The lowest BCUT2D eigenvalue weighted by Crippen LogP contribution is -2.49. The van der Waals surface area contributed by atoms with Crippen LogP contribution in [0.15, 0.2) is 0 Å². The fourth-order valence-corrected chi connectivity index (χ4v) is 2.30. The fraction of sp³-hybridized carbons (Fsp3) is 0.900. The summed E-state index contributed by atoms with van der Waals surface area (Å²) in [5.41, 5.74) is -0.818. The lowest BCUT2D eigenvalue weighted by atomic mass is 9.99. The van der Waals surface area contributed by atoms with Crippen molar-refractivity contribution in [3.05, 3.63) is 0 Å². The van der Waals surface area contributed by atoms with Crippen LogP contribution in [0.25, 0.3) is 0 Å². The molecule has 0 heterocycles. The zero-order valence-electron chi connectivity index (χ0n) is 9.45. The largest absolute Gasteiger partial charge is 0.480 e. The fourth-order valence-electron chi connectivity index (χ4n) is 1.21. The van der Waals surface area contributed by atoms with E-state index in [1.165, 1.54) is 0 Å². The molecule has 0 aliphatic heterocycles. The maximum absolute atomic E-state index is 11.0. The standard InChI is InChI=1S/C10H21NO3S/c1-3-11-10(2,9(13)14)5-8-15-7-4-6-12/h11-12H,3-8H2,1-2H3,(H,13,14). The highest BCUT2D eigenvalue weighted by Gasteiger charge is 2.31. The molecule has 5 heteroatoms. The van der Waals surface area contributed by atoms with Gasteiger partial charge in [0.15, 0.2) is 0 Å². The summed E-state index contributed by atoms with van der Waals surface area (Å²) >= 11 is 1.68. The number of aliphatic hydroxyl groups excluding tert-OH is 1. The van der Waals surface area contributed by atoms with Crippen LogP contribution in [0, 0.1) is 0 Å². The van der Waals surface area contributed by atoms with Crippen molar-refractivity contribution in [1.82, 2.24) is 5.32 Å². The Hall–Kier alpha value is -0.260. The van der Waals surface area contributed by atoms with E-state index < -0.39 is 11.5 Å². The summed E-state index contributed by atoms with van der Waals surface area (Å²) in [7, 11) is 0. The molecule has 90 valence electrons. The van der Waals surface area contributed by atoms with Crippen molar-refractivity contribution in [2.75, 3.05) is 24.7 Å². The average Bonchev–Trinajstić information content (AvgIpc) is 2.18. The Morgan fingerprint density at radius 2 is 2.13 bits per heavy atom. The predicted molar refractivity (Wildman–Crippen MR) is 63.4 cm³/mol. The van der Waals surface area contributed by atoms with Crippen molar-refractivity contribution in [2.45, 2.75) is 32.2 Å². The van der Waals surface area contributed by atoms with Gasteiger partial charge in [-0.05, 0) is 37.8 Å². The zero-order valence-corrected chi connectivity index (χ0v) is 10.3. The molecule has 15 heavy (non-hydrogen) atoms. The van der Waals surface area contributed by atoms with E-state index in [4.69, 9.17) is 10.2 Å². The van der Waals surface area contributed by atoms with Crippen LogP contribution in [0.1, 0.15) is 26.7 Å². The molecule has 1 unspecified atom stereocenters. The predicted octanol–water partition coefficient (Wildman–Crippen LogP) is 0.945. The third kappa shape index (κ3) is 6.02. The minimum Gasteiger partial charge on any atom is -0.480 e. The number of carboxylic acids is 1. The second kappa shape index (κ2) is 7.96. The van der Waals surface area contributed by atoms with Gasteiger partial charge in [-0.25, -0.2) is 0 Å². The van der Waals surface area contributed by atoms with Crippen LogP contribution in [0.2, 0.25) is 0 Å². The third-order valence-electron chi connectivity index (χ3n) is 2.23. The van der Waals surface area contributed by atoms with Crippen molar-refractivity contribution in [1.29, 1.82) is 0 Å². The highest BCUT2D eigenvalue weighted by molar-refractivity contribution is 7.99. The Morgan fingerprint density at radius 3 is 2.60 bits per heavy atom. The van der Waals surface area contributed by atoms with E-state index in [0.717, 1.165) is 17.9 Å². The first-order valence-electron chi connectivity index (χ1n) is 5.24. The Morgan fingerprint density at radius 1 is 1.47 bits per heavy atom. The molecule has 0 amide bonds. The van der Waals surface area contributed by atoms with E-state index in [1.54, 1.807) is 18.7 Å². The molecule has 0 aliphatic carbocycles. The summed E-state index contributed by atoms with van der Waals surface area (Å²) in [6.07, 6.45) is 1.38. The Bertz CT molecular complexity index is 190. The van der Waals surface area contributed by atoms with Gasteiger partial charge in [-0.3, -0.25) is 4.79 Å². The van der Waals surface area contributed by atoms with Gasteiger partial charge in [-0.15, -0.1) is 0 Å². The van der Waals surface area contributed by atoms with E-state index in [2.05, 4.69) is 5.32 Å². The summed E-state index contributed by atoms with van der Waals surface area (Å²) in [4.78, 5) is 11.0. The van der Waals surface area contributed by atoms with Crippen LogP contribution in [-0.2, 0) is 4.79 Å². The maximum atomic E-state index is 11.0. The van der Waals surface area contributed by atoms with Gasteiger partial charge >= 0.3 is 5.97 Å². The first-order chi connectivity index (χ1) is 7.06. The van der Waals surface area contributed by atoms with Gasteiger partial charge in [0.05, 0.1) is 0 Å². The molecule has 0 rings (SSSR count). The topological polar surface area (TPSA) is 69.6 Å². The lowest BCUT2D eigenvalue weighted by molar-refractivity contribution is -0.144.